The second-order valence-electron chi connectivity index (χ2n) is 7.25. The van der Waals surface area contributed by atoms with Crippen molar-refractivity contribution in [2.24, 2.45) is 4.99 Å². The summed E-state index contributed by atoms with van der Waals surface area (Å²) in [5, 5.41) is 16.9. The predicted molar refractivity (Wildman–Crippen MR) is 129 cm³/mol. The Bertz CT molecular complexity index is 535. The summed E-state index contributed by atoms with van der Waals surface area (Å²) in [4.78, 5) is 9.61. The molecular weight excluding hydrogens is 465 g/mol. The van der Waals surface area contributed by atoms with Crippen molar-refractivity contribution in [3.63, 3.8) is 0 Å². The SMILES string of the molecule is CCNC(=NCCCCN1CCN(C)CC1)NCCC(O)c1ccccc1.I. The highest BCUT2D eigenvalue weighted by Crippen LogP contribution is 2.14. The smallest absolute Gasteiger partial charge is 0.191 e. The largest absolute Gasteiger partial charge is 0.388 e. The molecule has 2 rings (SSSR count). The van der Waals surface area contributed by atoms with Crippen molar-refractivity contribution in [1.29, 1.82) is 0 Å². The van der Waals surface area contributed by atoms with Gasteiger partial charge in [0.15, 0.2) is 5.96 Å². The zero-order valence-corrected chi connectivity index (χ0v) is 19.8. The molecule has 0 aliphatic carbocycles. The standard InChI is InChI=1S/C21H37N5O.HI/c1-3-22-21(24-13-11-20(27)19-9-5-4-6-10-19)23-12-7-8-14-26-17-15-25(2)16-18-26;/h4-6,9-10,20,27H,3,7-8,11-18H2,1-2H3,(H2,22,23,24);1H. The number of hydrogen-bond donors (Lipinski definition) is 3. The van der Waals surface area contributed by atoms with Crippen molar-refractivity contribution in [3.05, 3.63) is 35.9 Å². The lowest BCUT2D eigenvalue weighted by molar-refractivity contribution is 0.152. The van der Waals surface area contributed by atoms with Gasteiger partial charge in [0, 0.05) is 45.8 Å². The van der Waals surface area contributed by atoms with Gasteiger partial charge in [-0.05, 0) is 45.3 Å². The molecule has 1 aliphatic heterocycles. The molecule has 7 heteroatoms. The van der Waals surface area contributed by atoms with Crippen LogP contribution >= 0.6 is 24.0 Å². The van der Waals surface area contributed by atoms with Crippen molar-refractivity contribution < 1.29 is 5.11 Å². The van der Waals surface area contributed by atoms with Gasteiger partial charge in [-0.25, -0.2) is 0 Å². The number of hydrogen-bond acceptors (Lipinski definition) is 4. The third kappa shape index (κ3) is 10.0. The highest BCUT2D eigenvalue weighted by atomic mass is 127. The third-order valence-electron chi connectivity index (χ3n) is 4.99. The minimum atomic E-state index is -0.440. The van der Waals surface area contributed by atoms with Gasteiger partial charge in [0.25, 0.3) is 0 Å². The molecule has 1 fully saturated rings. The van der Waals surface area contributed by atoms with Crippen LogP contribution < -0.4 is 10.6 Å². The van der Waals surface area contributed by atoms with Crippen LogP contribution in [0.1, 0.15) is 37.9 Å². The number of halogens is 1. The lowest BCUT2D eigenvalue weighted by Gasteiger charge is -2.32. The first-order valence-corrected chi connectivity index (χ1v) is 10.3. The normalized spacial score (nSPS) is 17.0. The zero-order chi connectivity index (χ0) is 19.3. The zero-order valence-electron chi connectivity index (χ0n) is 17.4. The number of rotatable bonds is 10. The fourth-order valence-corrected chi connectivity index (χ4v) is 3.22. The Balaban J connectivity index is 0.00000392. The minimum Gasteiger partial charge on any atom is -0.388 e. The Kier molecular flexibility index (Phi) is 13.5. The van der Waals surface area contributed by atoms with Crippen LogP contribution in [0.5, 0.6) is 0 Å². The summed E-state index contributed by atoms with van der Waals surface area (Å²) in [7, 11) is 2.19. The number of aliphatic hydroxyl groups excluding tert-OH is 1. The van der Waals surface area contributed by atoms with Crippen molar-refractivity contribution in [1.82, 2.24) is 20.4 Å². The summed E-state index contributed by atoms with van der Waals surface area (Å²) in [5.74, 6) is 0.845. The van der Waals surface area contributed by atoms with Gasteiger partial charge in [0.05, 0.1) is 6.10 Å². The van der Waals surface area contributed by atoms with E-state index in [-0.39, 0.29) is 24.0 Å². The third-order valence-corrected chi connectivity index (χ3v) is 4.99. The van der Waals surface area contributed by atoms with Crippen LogP contribution in [0.15, 0.2) is 35.3 Å². The molecule has 1 aliphatic rings. The van der Waals surface area contributed by atoms with Gasteiger partial charge in [-0.3, -0.25) is 4.99 Å². The van der Waals surface area contributed by atoms with Gasteiger partial charge in [-0.15, -0.1) is 24.0 Å². The Morgan fingerprint density at radius 1 is 1.11 bits per heavy atom. The van der Waals surface area contributed by atoms with Crippen LogP contribution in [0.25, 0.3) is 0 Å². The maximum Gasteiger partial charge on any atom is 0.191 e. The number of piperazine rings is 1. The number of nitrogens with zero attached hydrogens (tertiary/aromatic N) is 3. The summed E-state index contributed by atoms with van der Waals surface area (Å²) in [6.07, 6.45) is 2.53. The average Bonchev–Trinajstić information content (AvgIpc) is 2.69. The highest BCUT2D eigenvalue weighted by Gasteiger charge is 2.12. The summed E-state index contributed by atoms with van der Waals surface area (Å²) in [6.45, 7) is 10.4. The monoisotopic (exact) mass is 503 g/mol. The van der Waals surface area contributed by atoms with Crippen molar-refractivity contribution in [2.45, 2.75) is 32.3 Å². The molecule has 1 aromatic rings. The van der Waals surface area contributed by atoms with Crippen LogP contribution in [0.3, 0.4) is 0 Å². The van der Waals surface area contributed by atoms with E-state index in [1.807, 2.05) is 30.3 Å². The number of likely N-dealkylation sites (N-methyl/N-ethyl adjacent to an activating group) is 1. The Labute approximate surface area is 187 Å². The molecule has 160 valence electrons. The molecule has 1 heterocycles. The molecular formula is C21H38IN5O. The average molecular weight is 503 g/mol. The van der Waals surface area contributed by atoms with Crippen LogP contribution in [0, 0.1) is 0 Å². The molecule has 0 radical (unpaired) electrons. The molecule has 28 heavy (non-hydrogen) atoms. The minimum absolute atomic E-state index is 0. The maximum absolute atomic E-state index is 10.2. The number of guanidine groups is 1. The van der Waals surface area contributed by atoms with Crippen LogP contribution in [0.2, 0.25) is 0 Å². The van der Waals surface area contributed by atoms with E-state index < -0.39 is 6.10 Å². The Hall–Kier alpha value is -0.900. The molecule has 1 aromatic carbocycles. The molecule has 1 atom stereocenters. The number of benzene rings is 1. The predicted octanol–water partition coefficient (Wildman–Crippen LogP) is 2.31. The van der Waals surface area contributed by atoms with Gasteiger partial charge < -0.3 is 25.5 Å². The summed E-state index contributed by atoms with van der Waals surface area (Å²) < 4.78 is 0. The highest BCUT2D eigenvalue weighted by molar-refractivity contribution is 14.0. The fourth-order valence-electron chi connectivity index (χ4n) is 3.22. The first kappa shape index (κ1) is 25.1. The Morgan fingerprint density at radius 3 is 2.50 bits per heavy atom. The maximum atomic E-state index is 10.2. The Morgan fingerprint density at radius 2 is 1.82 bits per heavy atom. The quantitative estimate of drug-likeness (QED) is 0.198. The topological polar surface area (TPSA) is 63.1 Å². The van der Waals surface area contributed by atoms with E-state index in [4.69, 9.17) is 0 Å². The molecule has 0 saturated carbocycles. The molecule has 1 saturated heterocycles. The lowest BCUT2D eigenvalue weighted by atomic mass is 10.1. The molecule has 0 amide bonds. The molecule has 0 bridgehead atoms. The van der Waals surface area contributed by atoms with E-state index in [9.17, 15) is 5.11 Å². The van der Waals surface area contributed by atoms with Gasteiger partial charge in [-0.2, -0.15) is 0 Å². The summed E-state index contributed by atoms with van der Waals surface area (Å²) in [6, 6.07) is 9.81. The lowest BCUT2D eigenvalue weighted by Crippen LogP contribution is -2.44. The van der Waals surface area contributed by atoms with Gasteiger partial charge in [0.2, 0.25) is 0 Å². The molecule has 0 aromatic heterocycles. The summed E-state index contributed by atoms with van der Waals surface area (Å²) >= 11 is 0. The number of nitrogens with one attached hydrogen (secondary N) is 2. The molecule has 1 unspecified atom stereocenters. The van der Waals surface area contributed by atoms with E-state index in [2.05, 4.69) is 39.4 Å². The molecule has 0 spiro atoms. The number of aliphatic imine (C=N–C) groups is 1. The summed E-state index contributed by atoms with van der Waals surface area (Å²) in [5.41, 5.74) is 0.963. The van der Waals surface area contributed by atoms with E-state index in [1.54, 1.807) is 0 Å². The van der Waals surface area contributed by atoms with Gasteiger partial charge in [0.1, 0.15) is 0 Å². The van der Waals surface area contributed by atoms with Crippen LogP contribution in [-0.4, -0.2) is 80.3 Å². The number of unbranched alkanes of at least 4 members (excludes halogenated alkanes) is 1. The second kappa shape index (κ2) is 15.0. The van der Waals surface area contributed by atoms with Crippen molar-refractivity contribution in [2.75, 3.05) is 59.4 Å². The van der Waals surface area contributed by atoms with Gasteiger partial charge in [-0.1, -0.05) is 30.3 Å². The van der Waals surface area contributed by atoms with Crippen LogP contribution in [0.4, 0.5) is 0 Å². The van der Waals surface area contributed by atoms with Gasteiger partial charge >= 0.3 is 0 Å². The first-order chi connectivity index (χ1) is 13.2. The van der Waals surface area contributed by atoms with Crippen molar-refractivity contribution >= 4 is 29.9 Å². The van der Waals surface area contributed by atoms with Crippen LogP contribution in [-0.2, 0) is 0 Å². The van der Waals surface area contributed by atoms with E-state index in [0.717, 1.165) is 31.0 Å². The second-order valence-corrected chi connectivity index (χ2v) is 7.25. The van der Waals surface area contributed by atoms with Crippen molar-refractivity contribution in [3.8, 4) is 0 Å². The molecule has 6 nitrogen and oxygen atoms in total. The van der Waals surface area contributed by atoms with E-state index >= 15 is 0 Å². The first-order valence-electron chi connectivity index (χ1n) is 10.3. The number of aliphatic hydroxyl groups is 1. The fraction of sp³-hybridized carbons (Fsp3) is 0.667. The van der Waals surface area contributed by atoms with E-state index in [1.165, 1.54) is 39.1 Å². The molecule has 3 N–H and O–H groups in total. The van der Waals surface area contributed by atoms with E-state index in [0.29, 0.717) is 13.0 Å².